The molecule has 0 aliphatic carbocycles. The summed E-state index contributed by atoms with van der Waals surface area (Å²) in [5, 5.41) is 5.33. The van der Waals surface area contributed by atoms with Crippen molar-refractivity contribution >= 4 is 27.9 Å². The Bertz CT molecular complexity index is 841. The lowest BCUT2D eigenvalue weighted by molar-refractivity contribution is -0.149. The topological polar surface area (TPSA) is 76.7 Å². The number of hydrogen-bond donors (Lipinski definition) is 2. The van der Waals surface area contributed by atoms with E-state index in [2.05, 4.69) is 33.1 Å². The largest absolute Gasteiger partial charge is 0.490 e. The maximum absolute atomic E-state index is 12.7. The molecule has 6 nitrogen and oxygen atoms in total. The number of esters is 1. The average Bonchev–Trinajstić information content (AvgIpc) is 2.65. The molecule has 0 radical (unpaired) electrons. The molecule has 2 amide bonds. The van der Waals surface area contributed by atoms with Gasteiger partial charge in [0.2, 0.25) is 0 Å². The van der Waals surface area contributed by atoms with Crippen LogP contribution < -0.4 is 15.4 Å². The summed E-state index contributed by atoms with van der Waals surface area (Å²) in [6.07, 6.45) is 0. The van der Waals surface area contributed by atoms with Gasteiger partial charge >= 0.3 is 12.0 Å². The molecule has 2 atom stereocenters. The highest BCUT2D eigenvalue weighted by Gasteiger charge is 2.38. The van der Waals surface area contributed by atoms with E-state index in [0.717, 1.165) is 10.0 Å². The maximum atomic E-state index is 12.7. The maximum Gasteiger partial charge on any atom is 0.319 e. The Hall–Kier alpha value is -2.80. The smallest absolute Gasteiger partial charge is 0.319 e. The van der Waals surface area contributed by atoms with Crippen LogP contribution in [0.3, 0.4) is 0 Å². The number of carbonyl (C=O) groups is 2. The third kappa shape index (κ3) is 4.89. The number of hydrogen-bond acceptors (Lipinski definition) is 4. The molecule has 1 aliphatic heterocycles. The lowest BCUT2D eigenvalue weighted by atomic mass is 9.89. The summed E-state index contributed by atoms with van der Waals surface area (Å²) in [7, 11) is 0. The quantitative estimate of drug-likeness (QED) is 0.542. The van der Waals surface area contributed by atoms with E-state index < -0.39 is 24.0 Å². The summed E-state index contributed by atoms with van der Waals surface area (Å²) in [6, 6.07) is 15.7. The number of urea groups is 1. The minimum Gasteiger partial charge on any atom is -0.490 e. The number of carbonyl (C=O) groups excluding carboxylic acids is 2. The van der Waals surface area contributed by atoms with E-state index in [-0.39, 0.29) is 13.2 Å². The zero-order chi connectivity index (χ0) is 19.2. The minimum absolute atomic E-state index is 0.0939. The van der Waals surface area contributed by atoms with Gasteiger partial charge in [-0.15, -0.1) is 0 Å². The minimum atomic E-state index is -0.742. The Labute approximate surface area is 165 Å². The second kappa shape index (κ2) is 8.73. The van der Waals surface area contributed by atoms with Gasteiger partial charge in [0.05, 0.1) is 6.04 Å². The second-order valence-electron chi connectivity index (χ2n) is 5.96. The predicted molar refractivity (Wildman–Crippen MR) is 104 cm³/mol. The van der Waals surface area contributed by atoms with Gasteiger partial charge in [-0.3, -0.25) is 4.79 Å². The van der Waals surface area contributed by atoms with Gasteiger partial charge in [0, 0.05) is 10.2 Å². The molecule has 27 heavy (non-hydrogen) atoms. The monoisotopic (exact) mass is 430 g/mol. The van der Waals surface area contributed by atoms with Crippen molar-refractivity contribution < 1.29 is 19.1 Å². The van der Waals surface area contributed by atoms with Gasteiger partial charge in [-0.1, -0.05) is 52.8 Å². The van der Waals surface area contributed by atoms with Crippen molar-refractivity contribution in [3.8, 4) is 5.75 Å². The molecule has 1 fully saturated rings. The molecule has 2 aromatic carbocycles. The zero-order valence-corrected chi connectivity index (χ0v) is 16.1. The molecule has 140 valence electrons. The number of rotatable bonds is 6. The Balaban J connectivity index is 1.64. The van der Waals surface area contributed by atoms with E-state index in [1.54, 1.807) is 0 Å². The van der Waals surface area contributed by atoms with Gasteiger partial charge in [0.1, 0.15) is 24.9 Å². The second-order valence-corrected chi connectivity index (χ2v) is 6.88. The molecule has 0 saturated carbocycles. The molecule has 0 bridgehead atoms. The first-order valence-corrected chi connectivity index (χ1v) is 9.20. The average molecular weight is 431 g/mol. The highest BCUT2D eigenvalue weighted by Crippen LogP contribution is 2.31. The molecule has 1 heterocycles. The molecule has 3 rings (SSSR count). The summed E-state index contributed by atoms with van der Waals surface area (Å²) < 4.78 is 11.7. The summed E-state index contributed by atoms with van der Waals surface area (Å²) >= 11 is 3.41. The van der Waals surface area contributed by atoms with Crippen molar-refractivity contribution in [2.45, 2.75) is 6.04 Å². The van der Waals surface area contributed by atoms with Crippen LogP contribution in [0.4, 0.5) is 4.79 Å². The molecule has 0 spiro atoms. The Kier molecular flexibility index (Phi) is 6.13. The van der Waals surface area contributed by atoms with Crippen LogP contribution >= 0.6 is 15.9 Å². The van der Waals surface area contributed by atoms with Crippen molar-refractivity contribution in [3.63, 3.8) is 0 Å². The summed E-state index contributed by atoms with van der Waals surface area (Å²) in [6.45, 7) is 4.15. The van der Waals surface area contributed by atoms with Gasteiger partial charge in [-0.05, 0) is 29.8 Å². The summed E-state index contributed by atoms with van der Waals surface area (Å²) in [5.74, 6) is -0.514. The molecule has 7 heteroatoms. The highest BCUT2D eigenvalue weighted by atomic mass is 79.9. The van der Waals surface area contributed by atoms with Crippen LogP contribution in [0.15, 0.2) is 71.3 Å². The fourth-order valence-electron chi connectivity index (χ4n) is 2.85. The van der Waals surface area contributed by atoms with Gasteiger partial charge in [0.15, 0.2) is 0 Å². The van der Waals surface area contributed by atoms with Crippen LogP contribution in [0.1, 0.15) is 11.6 Å². The van der Waals surface area contributed by atoms with Crippen molar-refractivity contribution in [1.29, 1.82) is 0 Å². The fraction of sp³-hybridized carbons (Fsp3) is 0.200. The first kappa shape index (κ1) is 19.0. The standard InChI is InChI=1S/C20H19BrN2O4/c1-13-17(19(24)27-11-10-26-16-8-3-2-4-9-16)18(23-20(25)22-13)14-6-5-7-15(21)12-14/h2-9,12,17-18H,1,10-11H2,(H2,22,23,25)/t17-,18+/m1/s1. The van der Waals surface area contributed by atoms with Crippen LogP contribution in [0, 0.1) is 5.92 Å². The normalized spacial score (nSPS) is 19.0. The lowest BCUT2D eigenvalue weighted by Crippen LogP contribution is -2.51. The van der Waals surface area contributed by atoms with E-state index in [1.807, 2.05) is 54.6 Å². The van der Waals surface area contributed by atoms with Crippen molar-refractivity contribution in [3.05, 3.63) is 76.9 Å². The molecule has 0 aromatic heterocycles. The van der Waals surface area contributed by atoms with Crippen LogP contribution in [0.5, 0.6) is 5.75 Å². The van der Waals surface area contributed by atoms with Gasteiger partial charge in [0.25, 0.3) is 0 Å². The number of para-hydroxylation sites is 1. The molecular formula is C20H19BrN2O4. The summed E-state index contributed by atoms with van der Waals surface area (Å²) in [5.41, 5.74) is 1.08. The lowest BCUT2D eigenvalue weighted by Gasteiger charge is -2.33. The Morgan fingerprint density at radius 1 is 1.11 bits per heavy atom. The van der Waals surface area contributed by atoms with E-state index >= 15 is 0 Å². The fourth-order valence-corrected chi connectivity index (χ4v) is 3.26. The number of nitrogens with one attached hydrogen (secondary N) is 2. The van der Waals surface area contributed by atoms with E-state index in [4.69, 9.17) is 9.47 Å². The first-order valence-electron chi connectivity index (χ1n) is 8.41. The Morgan fingerprint density at radius 3 is 2.63 bits per heavy atom. The van der Waals surface area contributed by atoms with Crippen molar-refractivity contribution in [1.82, 2.24) is 10.6 Å². The molecule has 2 N–H and O–H groups in total. The summed E-state index contributed by atoms with van der Waals surface area (Å²) in [4.78, 5) is 24.5. The molecular weight excluding hydrogens is 412 g/mol. The van der Waals surface area contributed by atoms with E-state index in [0.29, 0.717) is 11.4 Å². The van der Waals surface area contributed by atoms with Crippen LogP contribution in [0.25, 0.3) is 0 Å². The SMILES string of the molecule is C=C1NC(=O)N[C@@H](c2cccc(Br)c2)[C@@H]1C(=O)OCCOc1ccccc1. The zero-order valence-electron chi connectivity index (χ0n) is 14.5. The number of benzene rings is 2. The van der Waals surface area contributed by atoms with Gasteiger partial charge in [-0.25, -0.2) is 4.79 Å². The van der Waals surface area contributed by atoms with Gasteiger partial charge in [-0.2, -0.15) is 0 Å². The first-order chi connectivity index (χ1) is 13.0. The van der Waals surface area contributed by atoms with Crippen molar-refractivity contribution in [2.24, 2.45) is 5.92 Å². The van der Waals surface area contributed by atoms with Crippen LogP contribution in [-0.4, -0.2) is 25.2 Å². The highest BCUT2D eigenvalue weighted by molar-refractivity contribution is 9.10. The number of amides is 2. The third-order valence-corrected chi connectivity index (χ3v) is 4.56. The molecule has 1 aliphatic rings. The van der Waals surface area contributed by atoms with Crippen LogP contribution in [0.2, 0.25) is 0 Å². The predicted octanol–water partition coefficient (Wildman–Crippen LogP) is 3.56. The van der Waals surface area contributed by atoms with E-state index in [1.165, 1.54) is 0 Å². The Morgan fingerprint density at radius 2 is 1.89 bits per heavy atom. The van der Waals surface area contributed by atoms with E-state index in [9.17, 15) is 9.59 Å². The molecule has 0 unspecified atom stereocenters. The third-order valence-electron chi connectivity index (χ3n) is 4.07. The molecule has 2 aromatic rings. The van der Waals surface area contributed by atoms with Gasteiger partial charge < -0.3 is 20.1 Å². The number of ether oxygens (including phenoxy) is 2. The number of halogens is 1. The van der Waals surface area contributed by atoms with Crippen LogP contribution in [-0.2, 0) is 9.53 Å². The van der Waals surface area contributed by atoms with Crippen molar-refractivity contribution in [2.75, 3.05) is 13.2 Å². The molecule has 1 saturated heterocycles.